The van der Waals surface area contributed by atoms with Crippen molar-refractivity contribution in [2.75, 3.05) is 27.2 Å². The van der Waals surface area contributed by atoms with E-state index in [-0.39, 0.29) is 17.7 Å². The van der Waals surface area contributed by atoms with Crippen molar-refractivity contribution in [1.82, 2.24) is 24.6 Å². The lowest BCUT2D eigenvalue weighted by Crippen LogP contribution is -2.22. The topological polar surface area (TPSA) is 73.1 Å². The Morgan fingerprint density at radius 1 is 0.943 bits per heavy atom. The highest BCUT2D eigenvalue weighted by molar-refractivity contribution is 5.58. The van der Waals surface area contributed by atoms with Gasteiger partial charge in [-0.3, -0.25) is 4.79 Å². The van der Waals surface area contributed by atoms with Gasteiger partial charge >= 0.3 is 0 Å². The molecule has 2 aromatic heterocycles. The lowest BCUT2D eigenvalue weighted by atomic mass is 10.1. The average Bonchev–Trinajstić information content (AvgIpc) is 2.83. The van der Waals surface area contributed by atoms with Crippen LogP contribution < -0.4 is 10.3 Å². The molecule has 0 bridgehead atoms. The molecule has 4 aromatic rings. The molecule has 0 fully saturated rings. The highest BCUT2D eigenvalue weighted by Crippen LogP contribution is 2.20. The summed E-state index contributed by atoms with van der Waals surface area (Å²) in [6, 6.07) is 13.4. The fourth-order valence-corrected chi connectivity index (χ4v) is 3.51. The van der Waals surface area contributed by atoms with Crippen molar-refractivity contribution in [2.45, 2.75) is 13.0 Å². The molecule has 9 heteroatoms. The van der Waals surface area contributed by atoms with E-state index in [0.29, 0.717) is 23.9 Å². The second kappa shape index (κ2) is 11.0. The van der Waals surface area contributed by atoms with Gasteiger partial charge in [-0.2, -0.15) is 5.10 Å². The molecule has 35 heavy (non-hydrogen) atoms. The Bertz CT molecular complexity index is 1340. The Morgan fingerprint density at radius 3 is 2.40 bits per heavy atom. The van der Waals surface area contributed by atoms with Crippen LogP contribution in [0.1, 0.15) is 12.0 Å². The largest absolute Gasteiger partial charge is 0.490 e. The number of ether oxygens (including phenoxy) is 1. The average molecular weight is 478 g/mol. The maximum absolute atomic E-state index is 13.6. The zero-order valence-electron chi connectivity index (χ0n) is 19.5. The van der Waals surface area contributed by atoms with Crippen LogP contribution in [-0.4, -0.2) is 51.9 Å². The quantitative estimate of drug-likeness (QED) is 0.339. The standard InChI is InChI=1S/C26H25F2N5O2/c1-32(2)9-4-10-35-23-15-29-26(30-16-23)19-6-3-5-18(11-19)17-33-25(34)8-7-24(31-33)20-12-21(27)14-22(28)13-20/h3,5-8,11-16H,4,9-10,17H2,1-2H3. The van der Waals surface area contributed by atoms with Crippen LogP contribution in [0, 0.1) is 11.6 Å². The van der Waals surface area contributed by atoms with E-state index in [1.165, 1.54) is 28.9 Å². The second-order valence-electron chi connectivity index (χ2n) is 8.32. The minimum absolute atomic E-state index is 0.172. The van der Waals surface area contributed by atoms with Crippen LogP contribution in [0.2, 0.25) is 0 Å². The van der Waals surface area contributed by atoms with Crippen LogP contribution in [0.15, 0.2) is 71.8 Å². The number of aromatic nitrogens is 4. The molecule has 0 amide bonds. The fourth-order valence-electron chi connectivity index (χ4n) is 3.51. The number of benzene rings is 2. The van der Waals surface area contributed by atoms with E-state index in [9.17, 15) is 13.6 Å². The van der Waals surface area contributed by atoms with Gasteiger partial charge in [-0.15, -0.1) is 0 Å². The molecule has 0 spiro atoms. The second-order valence-corrected chi connectivity index (χ2v) is 8.32. The summed E-state index contributed by atoms with van der Waals surface area (Å²) >= 11 is 0. The molecule has 0 saturated carbocycles. The monoisotopic (exact) mass is 477 g/mol. The minimum atomic E-state index is -0.711. The predicted molar refractivity (Wildman–Crippen MR) is 129 cm³/mol. The smallest absolute Gasteiger partial charge is 0.267 e. The highest BCUT2D eigenvalue weighted by atomic mass is 19.1. The van der Waals surface area contributed by atoms with Gasteiger partial charge in [0.25, 0.3) is 5.56 Å². The van der Waals surface area contributed by atoms with Crippen molar-refractivity contribution < 1.29 is 13.5 Å². The van der Waals surface area contributed by atoms with Gasteiger partial charge in [0.1, 0.15) is 11.6 Å². The van der Waals surface area contributed by atoms with Crippen molar-refractivity contribution in [2.24, 2.45) is 0 Å². The van der Waals surface area contributed by atoms with Gasteiger partial charge in [0.15, 0.2) is 11.6 Å². The van der Waals surface area contributed by atoms with Gasteiger partial charge in [0.05, 0.1) is 31.2 Å². The van der Waals surface area contributed by atoms with Gasteiger partial charge in [-0.05, 0) is 50.3 Å². The first-order valence-electron chi connectivity index (χ1n) is 11.1. The molecular weight excluding hydrogens is 452 g/mol. The Hall–Kier alpha value is -3.98. The first-order chi connectivity index (χ1) is 16.9. The van der Waals surface area contributed by atoms with Crippen LogP contribution in [0.3, 0.4) is 0 Å². The molecule has 0 N–H and O–H groups in total. The first kappa shape index (κ1) is 24.2. The van der Waals surface area contributed by atoms with Crippen LogP contribution >= 0.6 is 0 Å². The van der Waals surface area contributed by atoms with Crippen LogP contribution in [0.4, 0.5) is 8.78 Å². The number of rotatable bonds is 9. The third kappa shape index (κ3) is 6.54. The molecular formula is C26H25F2N5O2. The molecule has 0 saturated heterocycles. The molecule has 7 nitrogen and oxygen atoms in total. The van der Waals surface area contributed by atoms with Crippen molar-refractivity contribution in [3.63, 3.8) is 0 Å². The fraction of sp³-hybridized carbons (Fsp3) is 0.231. The Labute approximate surface area is 201 Å². The number of hydrogen-bond acceptors (Lipinski definition) is 6. The van der Waals surface area contributed by atoms with Gasteiger partial charge in [-0.1, -0.05) is 18.2 Å². The highest BCUT2D eigenvalue weighted by Gasteiger charge is 2.09. The summed E-state index contributed by atoms with van der Waals surface area (Å²) in [5.41, 5.74) is 1.79. The van der Waals surface area contributed by atoms with E-state index in [1.54, 1.807) is 12.4 Å². The molecule has 0 aliphatic heterocycles. The molecule has 2 aromatic carbocycles. The first-order valence-corrected chi connectivity index (χ1v) is 11.1. The molecule has 180 valence electrons. The summed E-state index contributed by atoms with van der Waals surface area (Å²) in [6.45, 7) is 1.69. The summed E-state index contributed by atoms with van der Waals surface area (Å²) in [5, 5.41) is 4.30. The molecule has 0 aliphatic carbocycles. The van der Waals surface area contributed by atoms with Crippen LogP contribution in [0.5, 0.6) is 5.75 Å². The summed E-state index contributed by atoms with van der Waals surface area (Å²) in [4.78, 5) is 23.3. The number of halogens is 2. The summed E-state index contributed by atoms with van der Waals surface area (Å²) < 4.78 is 34.2. The lowest BCUT2D eigenvalue weighted by molar-refractivity contribution is 0.280. The van der Waals surface area contributed by atoms with Gasteiger partial charge in [0, 0.05) is 29.8 Å². The van der Waals surface area contributed by atoms with E-state index in [2.05, 4.69) is 20.0 Å². The molecule has 4 rings (SSSR count). The van der Waals surface area contributed by atoms with E-state index in [0.717, 1.165) is 30.2 Å². The Kier molecular flexibility index (Phi) is 7.57. The third-order valence-corrected chi connectivity index (χ3v) is 5.19. The predicted octanol–water partition coefficient (Wildman–Crippen LogP) is 4.02. The Balaban J connectivity index is 1.49. The molecule has 0 unspecified atom stereocenters. The SMILES string of the molecule is CN(C)CCCOc1cnc(-c2cccc(Cn3nc(-c4cc(F)cc(F)c4)ccc3=O)c2)nc1. The molecule has 2 heterocycles. The van der Waals surface area contributed by atoms with Gasteiger partial charge in [0.2, 0.25) is 0 Å². The van der Waals surface area contributed by atoms with Gasteiger partial charge < -0.3 is 9.64 Å². The molecule has 0 atom stereocenters. The van der Waals surface area contributed by atoms with E-state index in [1.807, 2.05) is 38.4 Å². The van der Waals surface area contributed by atoms with Crippen molar-refractivity contribution in [1.29, 1.82) is 0 Å². The summed E-state index contributed by atoms with van der Waals surface area (Å²) in [6.07, 6.45) is 4.18. The summed E-state index contributed by atoms with van der Waals surface area (Å²) in [7, 11) is 4.03. The maximum atomic E-state index is 13.6. The van der Waals surface area contributed by atoms with E-state index >= 15 is 0 Å². The van der Waals surface area contributed by atoms with E-state index in [4.69, 9.17) is 4.74 Å². The van der Waals surface area contributed by atoms with Crippen molar-refractivity contribution in [3.05, 3.63) is 94.5 Å². The lowest BCUT2D eigenvalue weighted by Gasteiger charge is -2.10. The molecule has 0 radical (unpaired) electrons. The normalized spacial score (nSPS) is 11.1. The minimum Gasteiger partial charge on any atom is -0.490 e. The van der Waals surface area contributed by atoms with Crippen molar-refractivity contribution >= 4 is 0 Å². The van der Waals surface area contributed by atoms with Crippen molar-refractivity contribution in [3.8, 4) is 28.4 Å². The number of hydrogen-bond donors (Lipinski definition) is 0. The zero-order chi connectivity index (χ0) is 24.8. The summed E-state index contributed by atoms with van der Waals surface area (Å²) in [5.74, 6) is -0.295. The Morgan fingerprint density at radius 2 is 1.69 bits per heavy atom. The molecule has 0 aliphatic rings. The zero-order valence-corrected chi connectivity index (χ0v) is 19.5. The van der Waals surface area contributed by atoms with Crippen LogP contribution in [0.25, 0.3) is 22.6 Å². The number of nitrogens with zero attached hydrogens (tertiary/aromatic N) is 5. The van der Waals surface area contributed by atoms with E-state index < -0.39 is 11.6 Å². The van der Waals surface area contributed by atoms with Gasteiger partial charge in [-0.25, -0.2) is 23.4 Å². The maximum Gasteiger partial charge on any atom is 0.267 e. The van der Waals surface area contributed by atoms with Crippen LogP contribution in [-0.2, 0) is 6.54 Å². The third-order valence-electron chi connectivity index (χ3n) is 5.19.